The van der Waals surface area contributed by atoms with Crippen molar-refractivity contribution in [1.29, 1.82) is 0 Å². The zero-order valence-electron chi connectivity index (χ0n) is 5.36. The smallest absolute Gasteiger partial charge is 0.0949 e. The quantitative estimate of drug-likeness (QED) is 0.624. The number of aromatic nitrogens is 2. The van der Waals surface area contributed by atoms with Gasteiger partial charge in [0, 0.05) is 12.4 Å². The van der Waals surface area contributed by atoms with E-state index in [0.717, 1.165) is 0 Å². The molecule has 0 bridgehead atoms. The van der Waals surface area contributed by atoms with E-state index in [1.807, 2.05) is 17.7 Å². The largest absolute Gasteiger partial charge is 0.394 e. The molecule has 1 N–H and O–H groups in total. The summed E-state index contributed by atoms with van der Waals surface area (Å²) in [5.41, 5.74) is 0. The molecule has 0 aliphatic carbocycles. The van der Waals surface area contributed by atoms with Crippen LogP contribution in [0.15, 0.2) is 18.7 Å². The van der Waals surface area contributed by atoms with Crippen LogP contribution in [0.4, 0.5) is 0 Å². The number of nitrogens with zero attached hydrogens (tertiary/aromatic N) is 2. The Bertz CT molecular complexity index is 160. The van der Waals surface area contributed by atoms with E-state index >= 15 is 0 Å². The minimum absolute atomic E-state index is 0.146. The first-order valence-electron chi connectivity index (χ1n) is 2.93. The lowest BCUT2D eigenvalue weighted by atomic mass is 10.4. The topological polar surface area (TPSA) is 38.0 Å². The number of imidazole rings is 1. The maximum absolute atomic E-state index is 8.66. The molecule has 1 aromatic rings. The van der Waals surface area contributed by atoms with Gasteiger partial charge in [0.25, 0.3) is 0 Å². The van der Waals surface area contributed by atoms with Crippen LogP contribution in [0.5, 0.6) is 0 Å². The zero-order chi connectivity index (χ0) is 6.69. The van der Waals surface area contributed by atoms with Gasteiger partial charge < -0.3 is 9.67 Å². The molecule has 50 valence electrons. The Morgan fingerprint density at radius 3 is 3.00 bits per heavy atom. The van der Waals surface area contributed by atoms with E-state index in [-0.39, 0.29) is 12.6 Å². The molecule has 0 radical (unpaired) electrons. The van der Waals surface area contributed by atoms with E-state index in [1.165, 1.54) is 0 Å². The Labute approximate surface area is 54.0 Å². The summed E-state index contributed by atoms with van der Waals surface area (Å²) >= 11 is 0. The summed E-state index contributed by atoms with van der Waals surface area (Å²) in [5.74, 6) is 0. The average Bonchev–Trinajstić information content (AvgIpc) is 2.37. The Morgan fingerprint density at radius 1 is 1.78 bits per heavy atom. The highest BCUT2D eigenvalue weighted by atomic mass is 16.3. The molecule has 0 amide bonds. The van der Waals surface area contributed by atoms with E-state index in [4.69, 9.17) is 5.11 Å². The van der Waals surface area contributed by atoms with Crippen LogP contribution < -0.4 is 0 Å². The number of aliphatic hydroxyl groups is 1. The van der Waals surface area contributed by atoms with E-state index in [2.05, 4.69) is 4.98 Å². The van der Waals surface area contributed by atoms with Gasteiger partial charge >= 0.3 is 0 Å². The summed E-state index contributed by atoms with van der Waals surface area (Å²) in [6.07, 6.45) is 5.23. The van der Waals surface area contributed by atoms with Crippen molar-refractivity contribution in [1.82, 2.24) is 9.55 Å². The molecule has 1 atom stereocenters. The van der Waals surface area contributed by atoms with Crippen LogP contribution in [0.3, 0.4) is 0 Å². The van der Waals surface area contributed by atoms with Gasteiger partial charge in [-0.3, -0.25) is 0 Å². The Morgan fingerprint density at radius 2 is 2.56 bits per heavy atom. The Balaban J connectivity index is 2.65. The van der Waals surface area contributed by atoms with Crippen molar-refractivity contribution in [3.8, 4) is 0 Å². The van der Waals surface area contributed by atoms with Crippen LogP contribution >= 0.6 is 0 Å². The van der Waals surface area contributed by atoms with Crippen LogP contribution in [-0.4, -0.2) is 21.3 Å². The number of rotatable bonds is 2. The molecule has 0 unspecified atom stereocenters. The fraction of sp³-hybridized carbons (Fsp3) is 0.500. The van der Waals surface area contributed by atoms with Crippen molar-refractivity contribution in [2.75, 3.05) is 6.61 Å². The molecule has 1 rings (SSSR count). The average molecular weight is 126 g/mol. The molecule has 0 aliphatic heterocycles. The summed E-state index contributed by atoms with van der Waals surface area (Å²) in [7, 11) is 0. The van der Waals surface area contributed by atoms with Crippen molar-refractivity contribution in [2.45, 2.75) is 13.0 Å². The molecular weight excluding hydrogens is 116 g/mol. The van der Waals surface area contributed by atoms with Crippen molar-refractivity contribution < 1.29 is 5.11 Å². The lowest BCUT2D eigenvalue weighted by Gasteiger charge is -2.07. The maximum Gasteiger partial charge on any atom is 0.0949 e. The minimum atomic E-state index is 0.146. The van der Waals surface area contributed by atoms with Gasteiger partial charge in [0.2, 0.25) is 0 Å². The third-order valence-electron chi connectivity index (χ3n) is 1.30. The molecule has 0 spiro atoms. The first-order valence-corrected chi connectivity index (χ1v) is 2.93. The second-order valence-corrected chi connectivity index (χ2v) is 2.04. The summed E-state index contributed by atoms with van der Waals surface area (Å²) in [5, 5.41) is 8.66. The zero-order valence-corrected chi connectivity index (χ0v) is 5.36. The van der Waals surface area contributed by atoms with Crippen molar-refractivity contribution in [3.63, 3.8) is 0 Å². The highest BCUT2D eigenvalue weighted by Crippen LogP contribution is 2.00. The van der Waals surface area contributed by atoms with Crippen LogP contribution in [0, 0.1) is 0 Å². The molecule has 0 aromatic carbocycles. The molecule has 1 heterocycles. The molecule has 0 fully saturated rings. The Kier molecular flexibility index (Phi) is 1.85. The molecular formula is C6H10N2O. The highest BCUT2D eigenvalue weighted by molar-refractivity contribution is 4.77. The maximum atomic E-state index is 8.66. The fourth-order valence-electron chi connectivity index (χ4n) is 0.624. The minimum Gasteiger partial charge on any atom is -0.394 e. The van der Waals surface area contributed by atoms with Gasteiger partial charge in [-0.2, -0.15) is 0 Å². The monoisotopic (exact) mass is 126 g/mol. The third kappa shape index (κ3) is 1.29. The van der Waals surface area contributed by atoms with Gasteiger partial charge in [0.15, 0.2) is 0 Å². The fourth-order valence-corrected chi connectivity index (χ4v) is 0.624. The van der Waals surface area contributed by atoms with Crippen LogP contribution in [-0.2, 0) is 0 Å². The first kappa shape index (κ1) is 6.29. The molecule has 3 nitrogen and oxygen atoms in total. The number of aliphatic hydroxyl groups excluding tert-OH is 1. The number of hydrogen-bond acceptors (Lipinski definition) is 2. The molecule has 3 heteroatoms. The molecule has 0 saturated heterocycles. The summed E-state index contributed by atoms with van der Waals surface area (Å²) in [4.78, 5) is 3.84. The normalized spacial score (nSPS) is 13.6. The van der Waals surface area contributed by atoms with Crippen LogP contribution in [0.25, 0.3) is 0 Å². The van der Waals surface area contributed by atoms with Crippen LogP contribution in [0.2, 0.25) is 0 Å². The summed E-state index contributed by atoms with van der Waals surface area (Å²) in [6, 6.07) is 0.146. The lowest BCUT2D eigenvalue weighted by molar-refractivity contribution is 0.238. The van der Waals surface area contributed by atoms with Gasteiger partial charge in [0.05, 0.1) is 19.0 Å². The van der Waals surface area contributed by atoms with Crippen molar-refractivity contribution in [2.24, 2.45) is 0 Å². The summed E-state index contributed by atoms with van der Waals surface area (Å²) < 4.78 is 1.86. The van der Waals surface area contributed by atoms with Crippen LogP contribution in [0.1, 0.15) is 13.0 Å². The molecule has 1 aromatic heterocycles. The van der Waals surface area contributed by atoms with Gasteiger partial charge in [-0.1, -0.05) is 0 Å². The first-order chi connectivity index (χ1) is 4.34. The standard InChI is InChI=1S/C6H10N2O/c1-6(4-9)8-3-2-7-5-8/h2-3,5-6,9H,4H2,1H3/t6-/m0/s1. The van der Waals surface area contributed by atoms with Crippen molar-refractivity contribution >= 4 is 0 Å². The SMILES string of the molecule is C[C@@H](CO)n1ccnc1. The van der Waals surface area contributed by atoms with E-state index < -0.39 is 0 Å². The third-order valence-corrected chi connectivity index (χ3v) is 1.30. The van der Waals surface area contributed by atoms with Gasteiger partial charge in [-0.25, -0.2) is 4.98 Å². The van der Waals surface area contributed by atoms with Gasteiger partial charge in [-0.05, 0) is 6.92 Å². The highest BCUT2D eigenvalue weighted by Gasteiger charge is 1.98. The molecule has 0 aliphatic rings. The molecule has 9 heavy (non-hydrogen) atoms. The van der Waals surface area contributed by atoms with E-state index in [0.29, 0.717) is 0 Å². The predicted molar refractivity (Wildman–Crippen MR) is 34.0 cm³/mol. The second kappa shape index (κ2) is 2.64. The molecule has 0 saturated carbocycles. The van der Waals surface area contributed by atoms with Gasteiger partial charge in [0.1, 0.15) is 0 Å². The second-order valence-electron chi connectivity index (χ2n) is 2.04. The predicted octanol–water partition coefficient (Wildman–Crippen LogP) is 0.436. The Hall–Kier alpha value is -0.830. The van der Waals surface area contributed by atoms with Gasteiger partial charge in [-0.15, -0.1) is 0 Å². The van der Waals surface area contributed by atoms with E-state index in [1.54, 1.807) is 12.5 Å². The number of hydrogen-bond donors (Lipinski definition) is 1. The summed E-state index contributed by atoms with van der Waals surface area (Å²) in [6.45, 7) is 2.10. The van der Waals surface area contributed by atoms with E-state index in [9.17, 15) is 0 Å². The van der Waals surface area contributed by atoms with Crippen molar-refractivity contribution in [3.05, 3.63) is 18.7 Å². The lowest BCUT2D eigenvalue weighted by Crippen LogP contribution is -2.06.